The molecule has 1 saturated heterocycles. The van der Waals surface area contributed by atoms with Gasteiger partial charge >= 0.3 is 0 Å². The molecular weight excluding hydrogens is 252 g/mol. The molecule has 2 unspecified atom stereocenters. The van der Waals surface area contributed by atoms with Gasteiger partial charge in [0.2, 0.25) is 0 Å². The predicted octanol–water partition coefficient (Wildman–Crippen LogP) is 3.12. The smallest absolute Gasteiger partial charge is 0.0237 e. The van der Waals surface area contributed by atoms with Crippen molar-refractivity contribution in [2.45, 2.75) is 44.4 Å². The Morgan fingerprint density at radius 1 is 1.16 bits per heavy atom. The van der Waals surface area contributed by atoms with E-state index in [0.29, 0.717) is 0 Å². The maximum atomic E-state index is 3.44. The van der Waals surface area contributed by atoms with Crippen molar-refractivity contribution in [1.29, 1.82) is 0 Å². The van der Waals surface area contributed by atoms with Crippen molar-refractivity contribution in [2.24, 2.45) is 0 Å². The van der Waals surface area contributed by atoms with Crippen LogP contribution in [0.3, 0.4) is 0 Å². The van der Waals surface area contributed by atoms with Crippen LogP contribution in [0.1, 0.15) is 31.9 Å². The normalized spacial score (nSPS) is 24.6. The van der Waals surface area contributed by atoms with Gasteiger partial charge in [-0.25, -0.2) is 0 Å². The van der Waals surface area contributed by atoms with Crippen LogP contribution in [0.2, 0.25) is 0 Å². The summed E-state index contributed by atoms with van der Waals surface area (Å²) in [5.74, 6) is 0. The van der Waals surface area contributed by atoms with E-state index in [0.717, 1.165) is 30.1 Å². The number of hydrogen-bond acceptors (Lipinski definition) is 3. The molecule has 1 aliphatic rings. The third-order valence-electron chi connectivity index (χ3n) is 3.57. The van der Waals surface area contributed by atoms with E-state index in [4.69, 9.17) is 0 Å². The Morgan fingerprint density at radius 2 is 1.79 bits per heavy atom. The van der Waals surface area contributed by atoms with E-state index in [1.54, 1.807) is 0 Å². The minimum atomic E-state index is 0.754. The lowest BCUT2D eigenvalue weighted by Crippen LogP contribution is -2.40. The maximum absolute atomic E-state index is 3.44. The highest BCUT2D eigenvalue weighted by atomic mass is 32.2. The second-order valence-electron chi connectivity index (χ2n) is 5.50. The lowest BCUT2D eigenvalue weighted by Gasteiger charge is -2.35. The number of thioether (sulfide) groups is 1. The van der Waals surface area contributed by atoms with E-state index >= 15 is 0 Å². The van der Waals surface area contributed by atoms with Crippen molar-refractivity contribution in [3.63, 3.8) is 0 Å². The minimum absolute atomic E-state index is 0.754. The molecule has 1 aliphatic heterocycles. The fourth-order valence-electron chi connectivity index (χ4n) is 2.80. The third kappa shape index (κ3) is 4.51. The lowest BCUT2D eigenvalue weighted by atomic mass is 10.1. The fourth-order valence-corrected chi connectivity index (χ4v) is 4.19. The van der Waals surface area contributed by atoms with Gasteiger partial charge in [0.25, 0.3) is 0 Å². The fraction of sp³-hybridized carbons (Fsp3) is 0.625. The lowest BCUT2D eigenvalue weighted by molar-refractivity contribution is 0.262. The third-order valence-corrected chi connectivity index (χ3v) is 4.80. The first-order chi connectivity index (χ1) is 9.19. The quantitative estimate of drug-likeness (QED) is 0.891. The zero-order valence-electron chi connectivity index (χ0n) is 12.4. The molecule has 2 atom stereocenters. The van der Waals surface area contributed by atoms with E-state index in [2.05, 4.69) is 67.0 Å². The van der Waals surface area contributed by atoms with Gasteiger partial charge in [-0.1, -0.05) is 45.0 Å². The molecule has 1 heterocycles. The van der Waals surface area contributed by atoms with Crippen molar-refractivity contribution in [3.8, 4) is 0 Å². The van der Waals surface area contributed by atoms with Crippen molar-refractivity contribution >= 4 is 11.8 Å². The zero-order valence-corrected chi connectivity index (χ0v) is 13.2. The van der Waals surface area contributed by atoms with Crippen molar-refractivity contribution in [3.05, 3.63) is 35.4 Å². The van der Waals surface area contributed by atoms with Gasteiger partial charge in [0.15, 0.2) is 0 Å². The molecular formula is C16H26N2S. The van der Waals surface area contributed by atoms with Gasteiger partial charge in [0.1, 0.15) is 0 Å². The van der Waals surface area contributed by atoms with Gasteiger partial charge in [-0.05, 0) is 17.7 Å². The average molecular weight is 278 g/mol. The molecule has 2 nitrogen and oxygen atoms in total. The zero-order chi connectivity index (χ0) is 13.7. The van der Waals surface area contributed by atoms with Crippen LogP contribution in [-0.4, -0.2) is 35.0 Å². The Balaban J connectivity index is 2.01. The summed E-state index contributed by atoms with van der Waals surface area (Å²) in [5.41, 5.74) is 2.93. The van der Waals surface area contributed by atoms with Gasteiger partial charge in [-0.3, -0.25) is 4.90 Å². The molecule has 0 bridgehead atoms. The second kappa shape index (κ2) is 7.32. The minimum Gasteiger partial charge on any atom is -0.313 e. The van der Waals surface area contributed by atoms with E-state index in [1.165, 1.54) is 24.2 Å². The van der Waals surface area contributed by atoms with Gasteiger partial charge in [-0.2, -0.15) is 11.8 Å². The Kier molecular flexibility index (Phi) is 5.74. The highest BCUT2D eigenvalue weighted by molar-refractivity contribution is 8.00. The first-order valence-electron chi connectivity index (χ1n) is 7.34. The summed E-state index contributed by atoms with van der Waals surface area (Å²) in [4.78, 5) is 2.61. The Bertz CT molecular complexity index is 384. The summed E-state index contributed by atoms with van der Waals surface area (Å²) in [6.07, 6.45) is 0. The largest absolute Gasteiger partial charge is 0.313 e. The number of hydrogen-bond donors (Lipinski definition) is 1. The van der Waals surface area contributed by atoms with E-state index in [-0.39, 0.29) is 0 Å². The molecule has 0 aromatic heterocycles. The molecule has 2 rings (SSSR count). The van der Waals surface area contributed by atoms with Crippen molar-refractivity contribution in [2.75, 3.05) is 19.6 Å². The highest BCUT2D eigenvalue weighted by Crippen LogP contribution is 2.26. The number of nitrogens with one attached hydrogen (secondary N) is 1. The Hall–Kier alpha value is -0.510. The average Bonchev–Trinajstić information content (AvgIpc) is 2.36. The summed E-state index contributed by atoms with van der Waals surface area (Å²) in [7, 11) is 0. The molecule has 106 valence electrons. The molecule has 1 fully saturated rings. The summed E-state index contributed by atoms with van der Waals surface area (Å²) < 4.78 is 0. The standard InChI is InChI=1S/C16H26N2S/c1-4-17-9-15-7-5-6-8-16(15)12-18-10-13(2)19-14(3)11-18/h5-8,13-14,17H,4,9-12H2,1-3H3. The molecule has 0 saturated carbocycles. The molecule has 0 spiro atoms. The van der Waals surface area contributed by atoms with Crippen LogP contribution < -0.4 is 5.32 Å². The van der Waals surface area contributed by atoms with Gasteiger partial charge < -0.3 is 5.32 Å². The van der Waals surface area contributed by atoms with Crippen molar-refractivity contribution in [1.82, 2.24) is 10.2 Å². The Morgan fingerprint density at radius 3 is 2.42 bits per heavy atom. The molecule has 3 heteroatoms. The molecule has 0 radical (unpaired) electrons. The molecule has 1 N–H and O–H groups in total. The first-order valence-corrected chi connectivity index (χ1v) is 8.28. The van der Waals surface area contributed by atoms with Crippen LogP contribution in [0.15, 0.2) is 24.3 Å². The monoisotopic (exact) mass is 278 g/mol. The molecule has 1 aromatic carbocycles. The molecule has 19 heavy (non-hydrogen) atoms. The van der Waals surface area contributed by atoms with Crippen LogP contribution >= 0.6 is 11.8 Å². The first kappa shape index (κ1) is 14.9. The Labute approximate surface area is 122 Å². The van der Waals surface area contributed by atoms with Crippen LogP contribution in [0, 0.1) is 0 Å². The number of rotatable bonds is 5. The molecule has 0 aliphatic carbocycles. The van der Waals surface area contributed by atoms with E-state index in [1.807, 2.05) is 0 Å². The van der Waals surface area contributed by atoms with Crippen LogP contribution in [-0.2, 0) is 13.1 Å². The van der Waals surface area contributed by atoms with E-state index in [9.17, 15) is 0 Å². The van der Waals surface area contributed by atoms with Crippen LogP contribution in [0.4, 0.5) is 0 Å². The number of nitrogens with zero attached hydrogens (tertiary/aromatic N) is 1. The highest BCUT2D eigenvalue weighted by Gasteiger charge is 2.22. The van der Waals surface area contributed by atoms with Gasteiger partial charge in [0.05, 0.1) is 0 Å². The number of benzene rings is 1. The van der Waals surface area contributed by atoms with Gasteiger partial charge in [0, 0.05) is 36.7 Å². The second-order valence-corrected chi connectivity index (χ2v) is 7.38. The molecule has 1 aromatic rings. The summed E-state index contributed by atoms with van der Waals surface area (Å²) in [6.45, 7) is 12.4. The van der Waals surface area contributed by atoms with Crippen LogP contribution in [0.25, 0.3) is 0 Å². The maximum Gasteiger partial charge on any atom is 0.0237 e. The summed E-state index contributed by atoms with van der Waals surface area (Å²) in [5, 5.41) is 4.95. The van der Waals surface area contributed by atoms with Gasteiger partial charge in [-0.15, -0.1) is 0 Å². The summed E-state index contributed by atoms with van der Waals surface area (Å²) >= 11 is 2.12. The summed E-state index contributed by atoms with van der Waals surface area (Å²) in [6, 6.07) is 8.84. The van der Waals surface area contributed by atoms with E-state index < -0.39 is 0 Å². The van der Waals surface area contributed by atoms with Crippen LogP contribution in [0.5, 0.6) is 0 Å². The molecule has 0 amide bonds. The topological polar surface area (TPSA) is 15.3 Å². The van der Waals surface area contributed by atoms with Crippen molar-refractivity contribution < 1.29 is 0 Å². The SMILES string of the molecule is CCNCc1ccccc1CN1CC(C)SC(C)C1. The predicted molar refractivity (Wildman–Crippen MR) is 85.6 cm³/mol.